The molecule has 6 nitrogen and oxygen atoms in total. The van der Waals surface area contributed by atoms with Crippen molar-refractivity contribution >= 4 is 15.9 Å². The Morgan fingerprint density at radius 1 is 1.17 bits per heavy atom. The van der Waals surface area contributed by atoms with E-state index in [1.807, 2.05) is 12.1 Å². The smallest absolute Gasteiger partial charge is 0.251 e. The molecule has 0 unspecified atom stereocenters. The van der Waals surface area contributed by atoms with Gasteiger partial charge in [0.2, 0.25) is 10.0 Å². The van der Waals surface area contributed by atoms with Crippen molar-refractivity contribution in [1.29, 1.82) is 5.26 Å². The van der Waals surface area contributed by atoms with Gasteiger partial charge in [-0.1, -0.05) is 19.1 Å². The van der Waals surface area contributed by atoms with Crippen LogP contribution in [0, 0.1) is 11.3 Å². The molecule has 0 saturated carbocycles. The highest BCUT2D eigenvalue weighted by atomic mass is 32.2. The van der Waals surface area contributed by atoms with Crippen molar-refractivity contribution < 1.29 is 13.2 Å². The molecule has 0 heterocycles. The average Bonchev–Trinajstić information content (AvgIpc) is 2.60. The molecule has 2 aromatic rings. The molecule has 2 aromatic carbocycles. The van der Waals surface area contributed by atoms with Crippen LogP contribution in [0.3, 0.4) is 0 Å². The molecule has 7 heteroatoms. The van der Waals surface area contributed by atoms with Crippen LogP contribution in [0.5, 0.6) is 0 Å². The summed E-state index contributed by atoms with van der Waals surface area (Å²) in [5, 5.41) is 11.6. The van der Waals surface area contributed by atoms with E-state index in [0.29, 0.717) is 17.7 Å². The van der Waals surface area contributed by atoms with E-state index in [0.717, 1.165) is 5.56 Å². The fourth-order valence-corrected chi connectivity index (χ4v) is 3.14. The summed E-state index contributed by atoms with van der Waals surface area (Å²) in [5.41, 5.74) is 1.70. The minimum absolute atomic E-state index is 0.114. The predicted octanol–water partition coefficient (Wildman–Crippen LogP) is 1.79. The number of hydrogen-bond acceptors (Lipinski definition) is 4. The summed E-state index contributed by atoms with van der Waals surface area (Å²) in [7, 11) is -3.53. The van der Waals surface area contributed by atoms with E-state index < -0.39 is 10.0 Å². The van der Waals surface area contributed by atoms with Crippen molar-refractivity contribution in [2.24, 2.45) is 0 Å². The summed E-state index contributed by atoms with van der Waals surface area (Å²) in [4.78, 5) is 12.2. The van der Waals surface area contributed by atoms with Crippen LogP contribution in [0.1, 0.15) is 28.4 Å². The topological polar surface area (TPSA) is 99.1 Å². The number of sulfonamides is 1. The molecule has 0 spiro atoms. The van der Waals surface area contributed by atoms with E-state index in [2.05, 4.69) is 10.0 Å². The SMILES string of the molecule is CCNS(=O)(=O)c1ccc(C(=O)NCc2cccc(C#N)c2)cc1. The van der Waals surface area contributed by atoms with E-state index in [4.69, 9.17) is 5.26 Å². The molecule has 124 valence electrons. The Balaban J connectivity index is 2.04. The van der Waals surface area contributed by atoms with Crippen LogP contribution < -0.4 is 10.0 Å². The number of carbonyl (C=O) groups excluding carboxylic acids is 1. The highest BCUT2D eigenvalue weighted by Crippen LogP contribution is 2.11. The third-order valence-electron chi connectivity index (χ3n) is 3.27. The zero-order valence-corrected chi connectivity index (χ0v) is 13.9. The van der Waals surface area contributed by atoms with Gasteiger partial charge in [-0.25, -0.2) is 13.1 Å². The van der Waals surface area contributed by atoms with E-state index in [1.54, 1.807) is 25.1 Å². The summed E-state index contributed by atoms with van der Waals surface area (Å²) >= 11 is 0. The lowest BCUT2D eigenvalue weighted by molar-refractivity contribution is 0.0951. The van der Waals surface area contributed by atoms with Crippen molar-refractivity contribution in [2.45, 2.75) is 18.4 Å². The van der Waals surface area contributed by atoms with Gasteiger partial charge in [0.05, 0.1) is 16.5 Å². The van der Waals surface area contributed by atoms with E-state index in [-0.39, 0.29) is 17.3 Å². The molecule has 0 aliphatic carbocycles. The maximum absolute atomic E-state index is 12.1. The number of nitrogens with zero attached hydrogens (tertiary/aromatic N) is 1. The monoisotopic (exact) mass is 343 g/mol. The van der Waals surface area contributed by atoms with Gasteiger partial charge in [0.25, 0.3) is 5.91 Å². The second kappa shape index (κ2) is 7.73. The lowest BCUT2D eigenvalue weighted by atomic mass is 10.1. The Bertz CT molecular complexity index is 869. The Labute approximate surface area is 141 Å². The molecule has 24 heavy (non-hydrogen) atoms. The van der Waals surface area contributed by atoms with Crippen molar-refractivity contribution in [3.05, 3.63) is 65.2 Å². The van der Waals surface area contributed by atoms with Crippen molar-refractivity contribution in [3.63, 3.8) is 0 Å². The van der Waals surface area contributed by atoms with Gasteiger partial charge in [-0.05, 0) is 42.0 Å². The molecule has 0 aliphatic heterocycles. The predicted molar refractivity (Wildman–Crippen MR) is 89.6 cm³/mol. The normalized spacial score (nSPS) is 10.8. The Morgan fingerprint density at radius 2 is 1.88 bits per heavy atom. The molecule has 0 atom stereocenters. The zero-order chi connectivity index (χ0) is 17.6. The first-order valence-electron chi connectivity index (χ1n) is 7.33. The fraction of sp³-hybridized carbons (Fsp3) is 0.176. The summed E-state index contributed by atoms with van der Waals surface area (Å²) in [6, 6.07) is 14.7. The van der Waals surface area contributed by atoms with E-state index >= 15 is 0 Å². The van der Waals surface area contributed by atoms with Crippen LogP contribution in [0.4, 0.5) is 0 Å². The fourth-order valence-electron chi connectivity index (χ4n) is 2.09. The number of rotatable bonds is 6. The molecule has 2 rings (SSSR count). The molecule has 0 bridgehead atoms. The van der Waals surface area contributed by atoms with Gasteiger partial charge in [-0.2, -0.15) is 5.26 Å². The number of benzene rings is 2. The molecule has 1 amide bonds. The Hall–Kier alpha value is -2.69. The van der Waals surface area contributed by atoms with Crippen molar-refractivity contribution in [3.8, 4) is 6.07 Å². The number of carbonyl (C=O) groups is 1. The highest BCUT2D eigenvalue weighted by Gasteiger charge is 2.13. The lowest BCUT2D eigenvalue weighted by Crippen LogP contribution is -2.24. The van der Waals surface area contributed by atoms with Gasteiger partial charge in [0.15, 0.2) is 0 Å². The van der Waals surface area contributed by atoms with Crippen molar-refractivity contribution in [2.75, 3.05) is 6.54 Å². The van der Waals surface area contributed by atoms with Crippen LogP contribution in [0.15, 0.2) is 53.4 Å². The minimum atomic E-state index is -3.53. The number of nitriles is 1. The Morgan fingerprint density at radius 3 is 2.50 bits per heavy atom. The summed E-state index contributed by atoms with van der Waals surface area (Å²) < 4.78 is 26.1. The molecule has 2 N–H and O–H groups in total. The van der Waals surface area contributed by atoms with Crippen molar-refractivity contribution in [1.82, 2.24) is 10.0 Å². The van der Waals surface area contributed by atoms with Crippen LogP contribution in [0.25, 0.3) is 0 Å². The van der Waals surface area contributed by atoms with Gasteiger partial charge < -0.3 is 5.32 Å². The van der Waals surface area contributed by atoms with Gasteiger partial charge in [-0.3, -0.25) is 4.79 Å². The molecular formula is C17H17N3O3S. The summed E-state index contributed by atoms with van der Waals surface area (Å²) in [6.07, 6.45) is 0. The molecule has 0 saturated heterocycles. The maximum Gasteiger partial charge on any atom is 0.251 e. The molecule has 0 radical (unpaired) electrons. The number of hydrogen-bond donors (Lipinski definition) is 2. The van der Waals surface area contributed by atoms with Gasteiger partial charge in [0.1, 0.15) is 0 Å². The van der Waals surface area contributed by atoms with E-state index in [1.165, 1.54) is 24.3 Å². The number of nitrogens with one attached hydrogen (secondary N) is 2. The third-order valence-corrected chi connectivity index (χ3v) is 4.83. The summed E-state index contributed by atoms with van der Waals surface area (Å²) in [6.45, 7) is 2.28. The molecular weight excluding hydrogens is 326 g/mol. The highest BCUT2D eigenvalue weighted by molar-refractivity contribution is 7.89. The first-order valence-corrected chi connectivity index (χ1v) is 8.81. The maximum atomic E-state index is 12.1. The lowest BCUT2D eigenvalue weighted by Gasteiger charge is -2.07. The Kier molecular flexibility index (Phi) is 5.68. The first-order chi connectivity index (χ1) is 11.5. The van der Waals surface area contributed by atoms with Crippen LogP contribution in [-0.4, -0.2) is 20.9 Å². The largest absolute Gasteiger partial charge is 0.348 e. The standard InChI is InChI=1S/C17H17N3O3S/c1-2-20-24(22,23)16-8-6-15(7-9-16)17(21)19-12-14-5-3-4-13(10-14)11-18/h3-10,20H,2,12H2,1H3,(H,19,21). The minimum Gasteiger partial charge on any atom is -0.348 e. The quantitative estimate of drug-likeness (QED) is 0.835. The number of amides is 1. The van der Waals surface area contributed by atoms with E-state index in [9.17, 15) is 13.2 Å². The first kappa shape index (κ1) is 17.7. The van der Waals surface area contributed by atoms with Gasteiger partial charge in [0, 0.05) is 18.7 Å². The molecule has 0 aromatic heterocycles. The van der Waals surface area contributed by atoms with Crippen LogP contribution >= 0.6 is 0 Å². The second-order valence-corrected chi connectivity index (χ2v) is 6.79. The molecule has 0 aliphatic rings. The zero-order valence-electron chi connectivity index (χ0n) is 13.1. The molecule has 0 fully saturated rings. The second-order valence-electron chi connectivity index (χ2n) is 5.02. The van der Waals surface area contributed by atoms with Gasteiger partial charge in [-0.15, -0.1) is 0 Å². The average molecular weight is 343 g/mol. The van der Waals surface area contributed by atoms with Gasteiger partial charge >= 0.3 is 0 Å². The summed E-state index contributed by atoms with van der Waals surface area (Å²) in [5.74, 6) is -0.315. The van der Waals surface area contributed by atoms with Crippen LogP contribution in [-0.2, 0) is 16.6 Å². The van der Waals surface area contributed by atoms with Crippen LogP contribution in [0.2, 0.25) is 0 Å². The third kappa shape index (κ3) is 4.41.